The van der Waals surface area contributed by atoms with Gasteiger partial charge in [-0.3, -0.25) is 0 Å². The number of nitrogens with one attached hydrogen (secondary N) is 1. The SMILES string of the molecule is CNCc1cccc2c1nc(-c1c(F)cccc1F)n2Cc1c(F)cccc1F. The van der Waals surface area contributed by atoms with E-state index in [9.17, 15) is 17.6 Å². The number of hydrogen-bond acceptors (Lipinski definition) is 2. The summed E-state index contributed by atoms with van der Waals surface area (Å²) in [5.41, 5.74) is 1.30. The first-order chi connectivity index (χ1) is 14.0. The zero-order valence-electron chi connectivity index (χ0n) is 15.5. The lowest BCUT2D eigenvalue weighted by atomic mass is 10.1. The van der Waals surface area contributed by atoms with Crippen LogP contribution < -0.4 is 5.32 Å². The molecule has 7 heteroatoms. The van der Waals surface area contributed by atoms with Gasteiger partial charge in [-0.15, -0.1) is 0 Å². The Morgan fingerprint density at radius 1 is 0.828 bits per heavy atom. The Bertz CT molecular complexity index is 1160. The first kappa shape index (κ1) is 19.1. The van der Waals surface area contributed by atoms with Gasteiger partial charge in [0, 0.05) is 12.1 Å². The van der Waals surface area contributed by atoms with Crippen LogP contribution in [0.3, 0.4) is 0 Å². The molecule has 3 aromatic carbocycles. The summed E-state index contributed by atoms with van der Waals surface area (Å²) in [6.07, 6.45) is 0. The van der Waals surface area contributed by atoms with Gasteiger partial charge in [0.2, 0.25) is 0 Å². The summed E-state index contributed by atoms with van der Waals surface area (Å²) in [6, 6.07) is 12.4. The van der Waals surface area contributed by atoms with E-state index in [4.69, 9.17) is 0 Å². The second-order valence-electron chi connectivity index (χ2n) is 6.63. The van der Waals surface area contributed by atoms with Crippen LogP contribution in [0.1, 0.15) is 11.1 Å². The predicted octanol–water partition coefficient (Wildman–Crippen LogP) is 5.03. The average molecular weight is 399 g/mol. The van der Waals surface area contributed by atoms with Gasteiger partial charge in [-0.05, 0) is 42.9 Å². The first-order valence-electron chi connectivity index (χ1n) is 9.01. The van der Waals surface area contributed by atoms with Crippen LogP contribution in [0.4, 0.5) is 17.6 Å². The van der Waals surface area contributed by atoms with Gasteiger partial charge in [-0.25, -0.2) is 22.5 Å². The van der Waals surface area contributed by atoms with Crippen molar-refractivity contribution in [1.82, 2.24) is 14.9 Å². The van der Waals surface area contributed by atoms with Gasteiger partial charge in [-0.1, -0.05) is 24.3 Å². The van der Waals surface area contributed by atoms with Crippen LogP contribution in [0.2, 0.25) is 0 Å². The molecule has 0 fully saturated rings. The Morgan fingerprint density at radius 3 is 2.03 bits per heavy atom. The van der Waals surface area contributed by atoms with Crippen molar-refractivity contribution in [1.29, 1.82) is 0 Å². The molecule has 0 atom stereocenters. The maximum atomic E-state index is 14.5. The highest BCUT2D eigenvalue weighted by Crippen LogP contribution is 2.32. The van der Waals surface area contributed by atoms with Crippen LogP contribution in [-0.2, 0) is 13.1 Å². The normalized spacial score (nSPS) is 11.3. The highest BCUT2D eigenvalue weighted by atomic mass is 19.1. The zero-order valence-corrected chi connectivity index (χ0v) is 15.5. The molecule has 148 valence electrons. The van der Waals surface area contributed by atoms with E-state index in [0.717, 1.165) is 29.8 Å². The van der Waals surface area contributed by atoms with Gasteiger partial charge in [0.1, 0.15) is 29.1 Å². The van der Waals surface area contributed by atoms with Gasteiger partial charge in [0.15, 0.2) is 0 Å². The molecule has 0 bridgehead atoms. The lowest BCUT2D eigenvalue weighted by molar-refractivity contribution is 0.546. The summed E-state index contributed by atoms with van der Waals surface area (Å²) < 4.78 is 59.1. The largest absolute Gasteiger partial charge is 0.319 e. The molecule has 0 aliphatic rings. The molecule has 29 heavy (non-hydrogen) atoms. The van der Waals surface area contributed by atoms with Gasteiger partial charge in [-0.2, -0.15) is 0 Å². The fourth-order valence-electron chi connectivity index (χ4n) is 3.44. The third-order valence-electron chi connectivity index (χ3n) is 4.79. The van der Waals surface area contributed by atoms with E-state index >= 15 is 0 Å². The third-order valence-corrected chi connectivity index (χ3v) is 4.79. The minimum Gasteiger partial charge on any atom is -0.319 e. The van der Waals surface area contributed by atoms with Crippen molar-refractivity contribution in [3.63, 3.8) is 0 Å². The number of benzene rings is 3. The summed E-state index contributed by atoms with van der Waals surface area (Å²) in [6.45, 7) is 0.211. The second-order valence-corrected chi connectivity index (χ2v) is 6.63. The minimum absolute atomic E-state index is 0.0261. The Hall–Kier alpha value is -3.19. The fourth-order valence-corrected chi connectivity index (χ4v) is 3.44. The monoisotopic (exact) mass is 399 g/mol. The fraction of sp³-hybridized carbons (Fsp3) is 0.136. The number of fused-ring (bicyclic) bond motifs is 1. The summed E-state index contributed by atoms with van der Waals surface area (Å²) in [5.74, 6) is -3.10. The van der Waals surface area contributed by atoms with E-state index in [1.807, 2.05) is 6.07 Å². The maximum absolute atomic E-state index is 14.5. The van der Waals surface area contributed by atoms with Crippen molar-refractivity contribution in [3.05, 3.63) is 89.0 Å². The van der Waals surface area contributed by atoms with Crippen LogP contribution >= 0.6 is 0 Å². The molecule has 0 saturated carbocycles. The van der Waals surface area contributed by atoms with Gasteiger partial charge < -0.3 is 9.88 Å². The summed E-state index contributed by atoms with van der Waals surface area (Å²) in [7, 11) is 1.77. The number of rotatable bonds is 5. The van der Waals surface area contributed by atoms with E-state index < -0.39 is 23.3 Å². The predicted molar refractivity (Wildman–Crippen MR) is 103 cm³/mol. The zero-order chi connectivity index (χ0) is 20.5. The van der Waals surface area contributed by atoms with Crippen LogP contribution in [0.5, 0.6) is 0 Å². The number of para-hydroxylation sites is 1. The van der Waals surface area contributed by atoms with Crippen molar-refractivity contribution in [2.24, 2.45) is 0 Å². The highest BCUT2D eigenvalue weighted by Gasteiger charge is 2.22. The summed E-state index contributed by atoms with van der Waals surface area (Å²) >= 11 is 0. The Balaban J connectivity index is 2.02. The summed E-state index contributed by atoms with van der Waals surface area (Å²) in [5, 5.41) is 3.02. The molecule has 1 N–H and O–H groups in total. The molecule has 1 aromatic heterocycles. The van der Waals surface area contributed by atoms with Crippen LogP contribution in [0.15, 0.2) is 54.6 Å². The minimum atomic E-state index is -0.800. The molecule has 0 aliphatic carbocycles. The molecule has 0 amide bonds. The Labute approximate surface area is 164 Å². The van der Waals surface area contributed by atoms with Crippen molar-refractivity contribution in [2.75, 3.05) is 7.05 Å². The lowest BCUT2D eigenvalue weighted by Gasteiger charge is -2.12. The molecular formula is C22H17F4N3. The number of imidazole rings is 1. The van der Waals surface area contributed by atoms with Crippen LogP contribution in [-0.4, -0.2) is 16.6 Å². The number of hydrogen-bond donors (Lipinski definition) is 1. The standard InChI is InChI=1S/C22H17F4N3/c1-27-11-13-5-2-10-19-21(13)28-22(20-17(25)8-4-9-18(20)26)29(19)12-14-15(23)6-3-7-16(14)24/h2-10,27H,11-12H2,1H3. The quantitative estimate of drug-likeness (QED) is 0.477. The number of nitrogens with zero attached hydrogens (tertiary/aromatic N) is 2. The van der Waals surface area contributed by atoms with Crippen LogP contribution in [0, 0.1) is 23.3 Å². The average Bonchev–Trinajstić information content (AvgIpc) is 3.04. The molecule has 0 aliphatic heterocycles. The molecule has 0 spiro atoms. The molecule has 0 unspecified atom stereocenters. The van der Waals surface area contributed by atoms with Crippen molar-refractivity contribution in [2.45, 2.75) is 13.1 Å². The van der Waals surface area contributed by atoms with Crippen molar-refractivity contribution in [3.8, 4) is 11.4 Å². The molecule has 4 aromatic rings. The van der Waals surface area contributed by atoms with E-state index in [-0.39, 0.29) is 23.5 Å². The van der Waals surface area contributed by atoms with Crippen molar-refractivity contribution >= 4 is 11.0 Å². The number of halogens is 4. The number of aromatic nitrogens is 2. The van der Waals surface area contributed by atoms with Crippen LogP contribution in [0.25, 0.3) is 22.4 Å². The highest BCUT2D eigenvalue weighted by molar-refractivity contribution is 5.84. The molecule has 4 rings (SSSR count). The second kappa shape index (κ2) is 7.67. The van der Waals surface area contributed by atoms with E-state index in [1.54, 1.807) is 19.2 Å². The Kier molecular flexibility index (Phi) is 5.07. The topological polar surface area (TPSA) is 29.9 Å². The molecule has 3 nitrogen and oxygen atoms in total. The lowest BCUT2D eigenvalue weighted by Crippen LogP contribution is -2.08. The molecule has 1 heterocycles. The summed E-state index contributed by atoms with van der Waals surface area (Å²) in [4.78, 5) is 4.48. The van der Waals surface area contributed by atoms with E-state index in [1.165, 1.54) is 16.7 Å². The Morgan fingerprint density at radius 2 is 1.41 bits per heavy atom. The molecule has 0 saturated heterocycles. The van der Waals surface area contributed by atoms with Gasteiger partial charge >= 0.3 is 0 Å². The molecular weight excluding hydrogens is 382 g/mol. The van der Waals surface area contributed by atoms with Crippen molar-refractivity contribution < 1.29 is 17.6 Å². The van der Waals surface area contributed by atoms with Gasteiger partial charge in [0.25, 0.3) is 0 Å². The smallest absolute Gasteiger partial charge is 0.147 e. The van der Waals surface area contributed by atoms with E-state index in [2.05, 4.69) is 10.3 Å². The third kappa shape index (κ3) is 3.38. The maximum Gasteiger partial charge on any atom is 0.147 e. The first-order valence-corrected chi connectivity index (χ1v) is 9.01. The van der Waals surface area contributed by atoms with Gasteiger partial charge in [0.05, 0.1) is 23.1 Å². The molecule has 0 radical (unpaired) electrons. The van der Waals surface area contributed by atoms with E-state index in [0.29, 0.717) is 17.6 Å².